The van der Waals surface area contributed by atoms with Crippen molar-refractivity contribution < 1.29 is 49.9 Å². The Hall–Kier alpha value is -9.09. The molecule has 0 radical (unpaired) electrons. The van der Waals surface area contributed by atoms with Gasteiger partial charge in [-0.15, -0.1) is 0 Å². The Morgan fingerprint density at radius 3 is 1.32 bits per heavy atom. The molecule has 1 saturated heterocycles. The fourth-order valence-electron chi connectivity index (χ4n) is 10.7. The molecule has 0 spiro atoms. The molecule has 0 unspecified atom stereocenters. The van der Waals surface area contributed by atoms with E-state index in [0.29, 0.717) is 43.9 Å². The SMILES string of the molecule is Cn1[nH]c2cc(Br)ccc2c1=O.Cn1c(=O)c2ccc(-c3cnc(Cl)nc3)cc2n1Cc1ccccc1OC(F)F.Cn1c(=O)c2ccc(B3OC(C)(C)C(C)(C)O3)cc2n1Cc1ccccc1OC(F)F.Cn1c(=O)c2ccc(Br)cc2n1Cc1ccccc1OC(F)F. The average Bonchev–Trinajstić information content (AvgIpc) is 1.62. The summed E-state index contributed by atoms with van der Waals surface area (Å²) in [6, 6.07) is 41.3. The number of fused-ring (bicyclic) bond motifs is 4. The van der Waals surface area contributed by atoms with Crippen LogP contribution in [0.15, 0.2) is 186 Å². The Morgan fingerprint density at radius 1 is 0.495 bits per heavy atom. The second-order valence-corrected chi connectivity index (χ2v) is 25.0. The summed E-state index contributed by atoms with van der Waals surface area (Å²) in [6.07, 6.45) is 3.18. The van der Waals surface area contributed by atoms with Crippen LogP contribution in [0, 0.1) is 0 Å². The van der Waals surface area contributed by atoms with Crippen LogP contribution < -0.4 is 41.9 Å². The average molecular weight is 1460 g/mol. The van der Waals surface area contributed by atoms with Gasteiger partial charge in [0, 0.05) is 71.8 Å². The minimum absolute atomic E-state index is 0.0116. The highest BCUT2D eigenvalue weighted by atomic mass is 79.9. The zero-order valence-electron chi connectivity index (χ0n) is 52.0. The number of aryl methyl sites for hydroxylation is 1. The molecule has 0 saturated carbocycles. The molecule has 0 atom stereocenters. The molecule has 1 aliphatic heterocycles. The van der Waals surface area contributed by atoms with E-state index in [1.807, 2.05) is 64.1 Å². The van der Waals surface area contributed by atoms with Crippen molar-refractivity contribution in [2.45, 2.75) is 78.4 Å². The first-order valence-electron chi connectivity index (χ1n) is 29.1. The molecule has 13 rings (SSSR count). The number of H-pyrrole nitrogens is 1. The zero-order chi connectivity index (χ0) is 68.4. The first-order valence-corrected chi connectivity index (χ1v) is 31.1. The highest BCUT2D eigenvalue weighted by Gasteiger charge is 2.52. The lowest BCUT2D eigenvalue weighted by Crippen LogP contribution is -2.41. The van der Waals surface area contributed by atoms with Gasteiger partial charge in [0.2, 0.25) is 5.28 Å². The van der Waals surface area contributed by atoms with E-state index in [0.717, 1.165) is 42.0 Å². The number of rotatable bonds is 14. The van der Waals surface area contributed by atoms with Crippen LogP contribution in [-0.2, 0) is 57.1 Å². The third-order valence-corrected chi connectivity index (χ3v) is 17.5. The van der Waals surface area contributed by atoms with Crippen molar-refractivity contribution >= 4 is 99.7 Å². The normalized spacial score (nSPS) is 13.3. The van der Waals surface area contributed by atoms with E-state index in [1.165, 1.54) is 36.9 Å². The van der Waals surface area contributed by atoms with E-state index in [1.54, 1.807) is 146 Å². The summed E-state index contributed by atoms with van der Waals surface area (Å²) in [7, 11) is 6.05. The smallest absolute Gasteiger partial charge is 0.434 e. The molecule has 494 valence electrons. The van der Waals surface area contributed by atoms with Crippen molar-refractivity contribution in [1.29, 1.82) is 0 Å². The number of aromatic amines is 1. The first-order chi connectivity index (χ1) is 45.1. The number of halogens is 9. The quantitative estimate of drug-likeness (QED) is 0.0619. The maximum Gasteiger partial charge on any atom is 0.494 e. The van der Waals surface area contributed by atoms with Crippen LogP contribution in [-0.4, -0.2) is 86.0 Å². The molecule has 0 bridgehead atoms. The predicted molar refractivity (Wildman–Crippen MR) is 359 cm³/mol. The molecular formula is C66H60BBr2ClF6N10O9. The van der Waals surface area contributed by atoms with Gasteiger partial charge in [0.1, 0.15) is 17.2 Å². The summed E-state index contributed by atoms with van der Waals surface area (Å²) < 4.78 is 115. The number of ether oxygens (including phenoxy) is 3. The first kappa shape index (κ1) is 68.8. The molecule has 0 amide bonds. The maximum atomic E-state index is 12.8. The van der Waals surface area contributed by atoms with Gasteiger partial charge in [-0.2, -0.15) is 26.3 Å². The van der Waals surface area contributed by atoms with E-state index in [-0.39, 0.29) is 64.4 Å². The molecular weight excluding hydrogens is 1400 g/mol. The van der Waals surface area contributed by atoms with Gasteiger partial charge >= 0.3 is 27.0 Å². The summed E-state index contributed by atoms with van der Waals surface area (Å²) in [5.41, 5.74) is 5.36. The van der Waals surface area contributed by atoms with Crippen molar-refractivity contribution in [2.24, 2.45) is 28.2 Å². The van der Waals surface area contributed by atoms with Gasteiger partial charge < -0.3 is 23.5 Å². The van der Waals surface area contributed by atoms with E-state index >= 15 is 0 Å². The lowest BCUT2D eigenvalue weighted by atomic mass is 9.79. The number of aromatic nitrogens is 10. The summed E-state index contributed by atoms with van der Waals surface area (Å²) >= 11 is 12.5. The number of nitrogens with zero attached hydrogens (tertiary/aromatic N) is 9. The molecule has 6 heterocycles. The highest BCUT2D eigenvalue weighted by Crippen LogP contribution is 2.37. The van der Waals surface area contributed by atoms with Crippen LogP contribution in [0.25, 0.3) is 54.7 Å². The molecule has 7 aromatic carbocycles. The summed E-state index contributed by atoms with van der Waals surface area (Å²) in [5, 5.41) is 5.41. The Morgan fingerprint density at radius 2 is 0.874 bits per heavy atom. The second-order valence-electron chi connectivity index (χ2n) is 22.8. The minimum Gasteiger partial charge on any atom is -0.434 e. The van der Waals surface area contributed by atoms with Crippen molar-refractivity contribution in [1.82, 2.24) is 47.8 Å². The molecule has 5 aromatic heterocycles. The van der Waals surface area contributed by atoms with Gasteiger partial charge in [-0.3, -0.25) is 57.0 Å². The number of hydrogen-bond donors (Lipinski definition) is 1. The number of benzene rings is 7. The number of hydrogen-bond acceptors (Lipinski definition) is 11. The topological polar surface area (TPSA) is 191 Å². The molecule has 19 nitrogen and oxygen atoms in total. The Labute approximate surface area is 559 Å². The van der Waals surface area contributed by atoms with Crippen molar-refractivity contribution in [3.63, 3.8) is 0 Å². The van der Waals surface area contributed by atoms with Gasteiger partial charge in [0.25, 0.3) is 22.2 Å². The van der Waals surface area contributed by atoms with Crippen molar-refractivity contribution in [2.75, 3.05) is 0 Å². The molecule has 1 N–H and O–H groups in total. The Bertz CT molecular complexity index is 5030. The van der Waals surface area contributed by atoms with Crippen LogP contribution in [0.1, 0.15) is 44.4 Å². The summed E-state index contributed by atoms with van der Waals surface area (Å²) in [6.45, 7) is -0.241. The van der Waals surface area contributed by atoms with Crippen molar-refractivity contribution in [3.05, 3.63) is 230 Å². The molecule has 95 heavy (non-hydrogen) atoms. The van der Waals surface area contributed by atoms with Gasteiger partial charge in [-0.1, -0.05) is 98.6 Å². The lowest BCUT2D eigenvalue weighted by Gasteiger charge is -2.32. The van der Waals surface area contributed by atoms with E-state index in [9.17, 15) is 45.5 Å². The van der Waals surface area contributed by atoms with Crippen molar-refractivity contribution in [3.8, 4) is 28.4 Å². The van der Waals surface area contributed by atoms with Crippen LogP contribution in [0.3, 0.4) is 0 Å². The second kappa shape index (κ2) is 28.5. The predicted octanol–water partition coefficient (Wildman–Crippen LogP) is 12.8. The van der Waals surface area contributed by atoms with Gasteiger partial charge in [0.05, 0.1) is 74.4 Å². The maximum absolute atomic E-state index is 12.8. The standard InChI is InChI=1S/C22H25BF2N2O4.C20H15ClF2N4O2.C16H13BrF2N2O2.C8H7BrN2O/c1-21(2)22(3,4)31-23(30-21)15-10-11-16-17(12-15)27(26(5)19(16)28)13-14-8-6-7-9-18(14)29-20(24)25;1-26-18(28)15-7-6-12(14-9-24-19(21)25-10-14)8-16(15)27(26)11-13-4-2-3-5-17(13)29-20(22)23;1-20-15(22)12-7-6-11(17)8-13(12)21(20)9-10-4-2-3-5-14(10)23-16(18)19;1-11-8(12)6-3-2-5(9)4-7(6)10-11/h6-12,20H,13H2,1-5H3;2-10,20H,11H2,1H3;2-8,16H,9H2,1H3;2-4,10H,1H3. The zero-order valence-corrected chi connectivity index (χ0v) is 56.0. The van der Waals surface area contributed by atoms with Crippen LogP contribution in [0.2, 0.25) is 5.28 Å². The molecule has 0 aliphatic carbocycles. The number of para-hydroxylation sites is 3. The highest BCUT2D eigenvalue weighted by molar-refractivity contribution is 9.10. The largest absolute Gasteiger partial charge is 0.494 e. The van der Waals surface area contributed by atoms with E-state index in [4.69, 9.17) is 20.9 Å². The fraction of sp³-hybridized carbons (Fsp3) is 0.242. The lowest BCUT2D eigenvalue weighted by molar-refractivity contribution is -0.0511. The number of alkyl halides is 6. The number of nitrogens with one attached hydrogen (secondary N) is 1. The molecule has 1 aliphatic rings. The van der Waals surface area contributed by atoms with E-state index < -0.39 is 38.2 Å². The molecule has 1 fully saturated rings. The minimum atomic E-state index is -2.93. The Kier molecular flexibility index (Phi) is 20.6. The van der Waals surface area contributed by atoms with Crippen LogP contribution >= 0.6 is 43.5 Å². The third-order valence-electron chi connectivity index (χ3n) is 16.3. The third kappa shape index (κ3) is 15.1. The fourth-order valence-corrected chi connectivity index (χ4v) is 11.5. The molecule has 29 heteroatoms. The van der Waals surface area contributed by atoms with Crippen LogP contribution in [0.5, 0.6) is 17.2 Å². The van der Waals surface area contributed by atoms with Gasteiger partial charge in [0.15, 0.2) is 0 Å². The summed E-state index contributed by atoms with van der Waals surface area (Å²) in [5.74, 6) is 0.250. The summed E-state index contributed by atoms with van der Waals surface area (Å²) in [4.78, 5) is 57.0. The van der Waals surface area contributed by atoms with E-state index in [2.05, 4.69) is 61.1 Å². The molecule has 12 aromatic rings. The van der Waals surface area contributed by atoms with Gasteiger partial charge in [-0.05, 0) is 129 Å². The monoisotopic (exact) mass is 1450 g/mol. The van der Waals surface area contributed by atoms with Crippen LogP contribution in [0.4, 0.5) is 26.3 Å². The van der Waals surface area contributed by atoms with Gasteiger partial charge in [-0.25, -0.2) is 9.97 Å². The Balaban J connectivity index is 0.000000144.